The molecule has 0 aliphatic carbocycles. The van der Waals surface area contributed by atoms with Crippen molar-refractivity contribution < 1.29 is 41.3 Å². The van der Waals surface area contributed by atoms with Crippen LogP contribution in [0.15, 0.2) is 6.07 Å². The van der Waals surface area contributed by atoms with Gasteiger partial charge in [-0.1, -0.05) is 12.8 Å². The zero-order valence-electron chi connectivity index (χ0n) is 24.6. The first-order valence-corrected chi connectivity index (χ1v) is 13.8. The van der Waals surface area contributed by atoms with Crippen molar-refractivity contribution in [3.05, 3.63) is 28.8 Å². The number of aliphatic hydroxyl groups excluding tert-OH is 1. The summed E-state index contributed by atoms with van der Waals surface area (Å²) in [6, 6.07) is 2.99. The molecule has 0 bridgehead atoms. The average Bonchev–Trinajstić information content (AvgIpc) is 3.46. The van der Waals surface area contributed by atoms with E-state index in [9.17, 15) is 22.7 Å². The van der Waals surface area contributed by atoms with Crippen molar-refractivity contribution in [3.63, 3.8) is 0 Å². The molecule has 0 saturated carbocycles. The minimum absolute atomic E-state index is 0.0128. The summed E-state index contributed by atoms with van der Waals surface area (Å²) in [5, 5.41) is 15.5. The van der Waals surface area contributed by atoms with E-state index in [0.29, 0.717) is 25.5 Å². The maximum Gasteiger partial charge on any atom is 0.417 e. The van der Waals surface area contributed by atoms with Crippen molar-refractivity contribution in [2.45, 2.75) is 45.9 Å². The van der Waals surface area contributed by atoms with Crippen LogP contribution in [0, 0.1) is 35.9 Å². The van der Waals surface area contributed by atoms with E-state index < -0.39 is 62.9 Å². The highest BCUT2D eigenvalue weighted by molar-refractivity contribution is 5.96. The fourth-order valence-electron chi connectivity index (χ4n) is 4.63. The second kappa shape index (κ2) is 13.2. The molecule has 1 aliphatic heterocycles. The number of halogens is 5. The van der Waals surface area contributed by atoms with Crippen molar-refractivity contribution in [1.82, 2.24) is 20.3 Å². The monoisotopic (exact) mass is 624 g/mol. The number of nitrogens with two attached hydrogens (primary N) is 1. The summed E-state index contributed by atoms with van der Waals surface area (Å²) in [6.45, 7) is 4.69. The molecule has 1 fully saturated rings. The van der Waals surface area contributed by atoms with Gasteiger partial charge in [-0.3, -0.25) is 0 Å². The molecule has 5 N–H and O–H groups in total. The Kier molecular flexibility index (Phi) is 9.85. The molecule has 3 aromatic rings. The van der Waals surface area contributed by atoms with Crippen LogP contribution < -0.4 is 25.8 Å². The van der Waals surface area contributed by atoms with Gasteiger partial charge in [0.15, 0.2) is 5.82 Å². The predicted molar refractivity (Wildman–Crippen MR) is 153 cm³/mol. The predicted octanol–water partition coefficient (Wildman–Crippen LogP) is 4.43. The zero-order chi connectivity index (χ0) is 32.2. The number of anilines is 2. The van der Waals surface area contributed by atoms with Crippen LogP contribution >= 0.6 is 0 Å². The molecule has 0 radical (unpaired) electrons. The van der Waals surface area contributed by atoms with Crippen LogP contribution in [-0.2, 0) is 10.9 Å². The summed E-state index contributed by atoms with van der Waals surface area (Å²) in [5.41, 5.74) is -0.00522. The molecule has 2 aromatic heterocycles. The van der Waals surface area contributed by atoms with Gasteiger partial charge < -0.3 is 35.7 Å². The number of ether oxygens (including phenoxy) is 3. The van der Waals surface area contributed by atoms with E-state index in [4.69, 9.17) is 19.9 Å². The average molecular weight is 625 g/mol. The van der Waals surface area contributed by atoms with Crippen molar-refractivity contribution in [3.8, 4) is 35.1 Å². The number of nitrogen functional groups attached to an aromatic ring is 1. The second-order valence-electron chi connectivity index (χ2n) is 10.5. The molecule has 2 unspecified atom stereocenters. The second-order valence-corrected chi connectivity index (χ2v) is 10.5. The summed E-state index contributed by atoms with van der Waals surface area (Å²) < 4.78 is 91.0. The lowest BCUT2D eigenvalue weighted by molar-refractivity contribution is -0.137. The van der Waals surface area contributed by atoms with Crippen LogP contribution in [-0.4, -0.2) is 66.2 Å². The minimum atomic E-state index is -5.09. The largest absolute Gasteiger partial charge is 0.474 e. The lowest BCUT2D eigenvalue weighted by Gasteiger charge is -2.24. The highest BCUT2D eigenvalue weighted by atomic mass is 19.4. The highest BCUT2D eigenvalue weighted by Crippen LogP contribution is 2.45. The van der Waals surface area contributed by atoms with Crippen LogP contribution in [0.4, 0.5) is 33.5 Å². The molecule has 10 nitrogen and oxygen atoms in total. The van der Waals surface area contributed by atoms with Gasteiger partial charge in [-0.2, -0.15) is 23.1 Å². The number of rotatable bonds is 10. The number of nitrogens with zero attached hydrogens (tertiary/aromatic N) is 3. The Hall–Kier alpha value is -4.16. The molecule has 3 heterocycles. The van der Waals surface area contributed by atoms with Crippen LogP contribution in [0.2, 0.25) is 0 Å². The van der Waals surface area contributed by atoms with Gasteiger partial charge in [0.1, 0.15) is 34.8 Å². The van der Waals surface area contributed by atoms with E-state index in [0.717, 1.165) is 6.92 Å². The summed E-state index contributed by atoms with van der Waals surface area (Å²) in [4.78, 5) is 12.8. The minimum Gasteiger partial charge on any atom is -0.474 e. The van der Waals surface area contributed by atoms with Crippen molar-refractivity contribution in [1.29, 1.82) is 0 Å². The van der Waals surface area contributed by atoms with Gasteiger partial charge in [-0.15, -0.1) is 0 Å². The summed E-state index contributed by atoms with van der Waals surface area (Å²) in [6.07, 6.45) is -4.64. The van der Waals surface area contributed by atoms with Crippen molar-refractivity contribution in [2.75, 3.05) is 51.1 Å². The van der Waals surface area contributed by atoms with Gasteiger partial charge in [-0.05, 0) is 38.3 Å². The van der Waals surface area contributed by atoms with Crippen molar-refractivity contribution in [2.24, 2.45) is 5.41 Å². The van der Waals surface area contributed by atoms with E-state index in [1.807, 2.05) is 6.92 Å². The number of alkyl halides is 3. The van der Waals surface area contributed by atoms with Crippen LogP contribution in [0.5, 0.6) is 11.9 Å². The summed E-state index contributed by atoms with van der Waals surface area (Å²) in [5.74, 6) is -0.0669. The summed E-state index contributed by atoms with van der Waals surface area (Å²) >= 11 is 0. The first-order chi connectivity index (χ1) is 20.9. The molecule has 1 saturated heterocycles. The molecular weight excluding hydrogens is 591 g/mol. The molecule has 238 valence electrons. The lowest BCUT2D eigenvalue weighted by atomic mass is 9.90. The summed E-state index contributed by atoms with van der Waals surface area (Å²) in [7, 11) is 1.61. The third kappa shape index (κ3) is 6.66. The Labute approximate surface area is 250 Å². The number of fused-ring (bicyclic) bond motifs is 1. The molecule has 15 heteroatoms. The number of benzene rings is 1. The van der Waals surface area contributed by atoms with Gasteiger partial charge in [-0.25, -0.2) is 13.8 Å². The normalized spacial score (nSPS) is 17.2. The van der Waals surface area contributed by atoms with E-state index in [1.165, 1.54) is 0 Å². The quantitative estimate of drug-likeness (QED) is 0.111. The zero-order valence-corrected chi connectivity index (χ0v) is 24.6. The Morgan fingerprint density at radius 1 is 1.23 bits per heavy atom. The van der Waals surface area contributed by atoms with Gasteiger partial charge in [0, 0.05) is 25.3 Å². The van der Waals surface area contributed by atoms with Crippen molar-refractivity contribution >= 4 is 22.4 Å². The smallest absolute Gasteiger partial charge is 0.417 e. The molecular formula is C29H33F5N6O4. The Balaban J connectivity index is 2.01. The van der Waals surface area contributed by atoms with E-state index >= 15 is 4.39 Å². The fourth-order valence-corrected chi connectivity index (χ4v) is 4.63. The van der Waals surface area contributed by atoms with Gasteiger partial charge in [0.25, 0.3) is 0 Å². The maximum atomic E-state index is 16.5. The molecule has 4 rings (SSSR count). The number of aliphatic hydroxyl groups is 1. The highest BCUT2D eigenvalue weighted by Gasteiger charge is 2.40. The van der Waals surface area contributed by atoms with E-state index in [1.54, 1.807) is 14.0 Å². The van der Waals surface area contributed by atoms with Gasteiger partial charge >= 0.3 is 12.2 Å². The molecule has 44 heavy (non-hydrogen) atoms. The number of aromatic nitrogens is 3. The number of nitrogens with one attached hydrogen (secondary N) is 2. The Morgan fingerprint density at radius 2 is 1.98 bits per heavy atom. The molecule has 2 atom stereocenters. The van der Waals surface area contributed by atoms with Gasteiger partial charge in [0.05, 0.1) is 42.5 Å². The number of hydrogen-bond acceptors (Lipinski definition) is 10. The SMILES string of the molecule is CCC(C)Oc1nc(-c2cc(N)c(F)c(C)c2C(F)(F)F)c(F)c2nc(OCC3(CO)CCOC3)nc(NCC#CNC)c12. The molecule has 1 aliphatic rings. The van der Waals surface area contributed by atoms with Gasteiger partial charge in [0.2, 0.25) is 5.88 Å². The topological polar surface area (TPSA) is 137 Å². The maximum absolute atomic E-state index is 16.5. The van der Waals surface area contributed by atoms with Crippen LogP contribution in [0.1, 0.15) is 37.8 Å². The standard InChI is InChI=1S/C29H33F5N6O4/c1-5-15(2)44-26-19-24(22(31)23(38-26)17-11-18(35)21(30)16(3)20(17)29(32,33)34)39-27(40-25(19)37-9-6-8-36-4)43-14-28(12-41)7-10-42-13-28/h11,15,36,41H,5,7,9-10,12-14,35H2,1-4H3,(H,37,39,40). The lowest BCUT2D eigenvalue weighted by Crippen LogP contribution is -2.33. The van der Waals surface area contributed by atoms with Crippen LogP contribution in [0.3, 0.4) is 0 Å². The number of hydrogen-bond donors (Lipinski definition) is 4. The van der Waals surface area contributed by atoms with Crippen LogP contribution in [0.25, 0.3) is 22.2 Å². The molecule has 0 spiro atoms. The molecule has 1 aromatic carbocycles. The number of pyridine rings is 1. The Bertz CT molecular complexity index is 1590. The van der Waals surface area contributed by atoms with E-state index in [2.05, 4.69) is 37.6 Å². The Morgan fingerprint density at radius 3 is 2.59 bits per heavy atom. The fraction of sp³-hybridized carbons (Fsp3) is 0.483. The first-order valence-electron chi connectivity index (χ1n) is 13.8. The first kappa shape index (κ1) is 32.7. The third-order valence-electron chi connectivity index (χ3n) is 7.27. The van der Waals surface area contributed by atoms with E-state index in [-0.39, 0.29) is 49.5 Å². The molecule has 0 amide bonds. The third-order valence-corrected chi connectivity index (χ3v) is 7.27.